The van der Waals surface area contributed by atoms with Gasteiger partial charge in [0.2, 0.25) is 11.8 Å². The highest BCUT2D eigenvalue weighted by atomic mass is 79.9. The topological polar surface area (TPSA) is 49.4 Å². The summed E-state index contributed by atoms with van der Waals surface area (Å²) in [7, 11) is 0. The molecule has 2 aliphatic carbocycles. The molecular formula is C20H25BrN2O2. The molecule has 2 saturated carbocycles. The summed E-state index contributed by atoms with van der Waals surface area (Å²) >= 11 is 3.49. The van der Waals surface area contributed by atoms with Crippen LogP contribution in [0.2, 0.25) is 0 Å². The monoisotopic (exact) mass is 404 g/mol. The van der Waals surface area contributed by atoms with Crippen molar-refractivity contribution in [3.8, 4) is 0 Å². The van der Waals surface area contributed by atoms with Crippen LogP contribution in [0.15, 0.2) is 28.7 Å². The zero-order valence-corrected chi connectivity index (χ0v) is 16.0. The summed E-state index contributed by atoms with van der Waals surface area (Å²) in [6.07, 6.45) is 7.21. The van der Waals surface area contributed by atoms with Gasteiger partial charge in [-0.05, 0) is 77.9 Å². The molecule has 4 unspecified atom stereocenters. The molecular weight excluding hydrogens is 380 g/mol. The minimum Gasteiger partial charge on any atom is -0.355 e. The maximum atomic E-state index is 12.7. The third-order valence-electron chi connectivity index (χ3n) is 6.36. The Morgan fingerprint density at radius 2 is 2.04 bits per heavy atom. The van der Waals surface area contributed by atoms with Crippen LogP contribution in [-0.2, 0) is 9.59 Å². The van der Waals surface area contributed by atoms with Gasteiger partial charge in [-0.3, -0.25) is 9.59 Å². The van der Waals surface area contributed by atoms with E-state index in [0.717, 1.165) is 34.3 Å². The van der Waals surface area contributed by atoms with E-state index in [1.54, 1.807) is 4.90 Å². The van der Waals surface area contributed by atoms with Crippen LogP contribution < -0.4 is 10.2 Å². The molecule has 1 N–H and O–H groups in total. The molecule has 134 valence electrons. The van der Waals surface area contributed by atoms with Gasteiger partial charge in [0.15, 0.2) is 0 Å². The fourth-order valence-electron chi connectivity index (χ4n) is 5.07. The second kappa shape index (κ2) is 7.10. The van der Waals surface area contributed by atoms with Gasteiger partial charge in [-0.2, -0.15) is 0 Å². The normalized spacial score (nSPS) is 30.9. The Kier molecular flexibility index (Phi) is 4.85. The summed E-state index contributed by atoms with van der Waals surface area (Å²) in [5, 5.41) is 3.03. The quantitative estimate of drug-likeness (QED) is 0.759. The molecule has 1 saturated heterocycles. The van der Waals surface area contributed by atoms with Crippen LogP contribution in [0.1, 0.15) is 38.5 Å². The van der Waals surface area contributed by atoms with Crippen molar-refractivity contribution in [2.75, 3.05) is 18.0 Å². The van der Waals surface area contributed by atoms with Gasteiger partial charge in [-0.15, -0.1) is 0 Å². The molecule has 1 heterocycles. The molecule has 3 aliphatic rings. The fourth-order valence-corrected chi connectivity index (χ4v) is 5.57. The van der Waals surface area contributed by atoms with Gasteiger partial charge >= 0.3 is 0 Å². The summed E-state index contributed by atoms with van der Waals surface area (Å²) in [6.45, 7) is 1.32. The maximum absolute atomic E-state index is 12.7. The molecule has 25 heavy (non-hydrogen) atoms. The van der Waals surface area contributed by atoms with Gasteiger partial charge in [0.1, 0.15) is 5.92 Å². The summed E-state index contributed by atoms with van der Waals surface area (Å²) < 4.78 is 0.890. The number of anilines is 1. The van der Waals surface area contributed by atoms with Crippen LogP contribution in [-0.4, -0.2) is 24.9 Å². The first-order valence-corrected chi connectivity index (χ1v) is 10.3. The van der Waals surface area contributed by atoms with Crippen LogP contribution in [0.4, 0.5) is 5.69 Å². The average molecular weight is 405 g/mol. The Labute approximate surface area is 157 Å². The number of halogens is 1. The Morgan fingerprint density at radius 1 is 1.20 bits per heavy atom. The van der Waals surface area contributed by atoms with E-state index in [-0.39, 0.29) is 11.8 Å². The number of nitrogens with zero attached hydrogens (tertiary/aromatic N) is 1. The van der Waals surface area contributed by atoms with Crippen LogP contribution >= 0.6 is 15.9 Å². The number of hydrogen-bond donors (Lipinski definition) is 1. The molecule has 4 atom stereocenters. The van der Waals surface area contributed by atoms with Gasteiger partial charge in [0.05, 0.1) is 5.69 Å². The van der Waals surface area contributed by atoms with Gasteiger partial charge in [0.25, 0.3) is 0 Å². The number of carbonyl (C=O) groups is 2. The van der Waals surface area contributed by atoms with Gasteiger partial charge in [-0.25, -0.2) is 0 Å². The number of hydrogen-bond acceptors (Lipinski definition) is 2. The molecule has 0 radical (unpaired) electrons. The van der Waals surface area contributed by atoms with E-state index in [0.29, 0.717) is 19.5 Å². The number of carbonyl (C=O) groups excluding carboxylic acids is 2. The van der Waals surface area contributed by atoms with Gasteiger partial charge in [0, 0.05) is 17.6 Å². The molecule has 2 amide bonds. The van der Waals surface area contributed by atoms with E-state index in [1.165, 1.54) is 25.7 Å². The van der Waals surface area contributed by atoms with E-state index < -0.39 is 5.92 Å². The number of para-hydroxylation sites is 1. The number of amides is 2. The van der Waals surface area contributed by atoms with Crippen molar-refractivity contribution in [2.24, 2.45) is 23.7 Å². The van der Waals surface area contributed by atoms with Crippen molar-refractivity contribution in [1.29, 1.82) is 0 Å². The Balaban J connectivity index is 1.29. The van der Waals surface area contributed by atoms with E-state index in [1.807, 2.05) is 24.3 Å². The first kappa shape index (κ1) is 17.1. The van der Waals surface area contributed by atoms with Crippen molar-refractivity contribution in [3.63, 3.8) is 0 Å². The highest BCUT2D eigenvalue weighted by Crippen LogP contribution is 2.49. The third kappa shape index (κ3) is 3.35. The highest BCUT2D eigenvalue weighted by Gasteiger charge is 2.40. The summed E-state index contributed by atoms with van der Waals surface area (Å²) in [6, 6.07) is 7.67. The first-order valence-electron chi connectivity index (χ1n) is 9.47. The minimum atomic E-state index is -0.535. The molecule has 2 bridgehead atoms. The van der Waals surface area contributed by atoms with Crippen molar-refractivity contribution in [3.05, 3.63) is 28.7 Å². The molecule has 3 fully saturated rings. The zero-order valence-electron chi connectivity index (χ0n) is 14.4. The Hall–Kier alpha value is -1.36. The first-order chi connectivity index (χ1) is 12.1. The third-order valence-corrected chi connectivity index (χ3v) is 7.03. The lowest BCUT2D eigenvalue weighted by molar-refractivity contribution is -0.132. The average Bonchev–Trinajstić information content (AvgIpc) is 3.31. The second-order valence-corrected chi connectivity index (χ2v) is 8.65. The van der Waals surface area contributed by atoms with Crippen LogP contribution in [0.25, 0.3) is 0 Å². The lowest BCUT2D eigenvalue weighted by Crippen LogP contribution is -2.37. The molecule has 5 heteroatoms. The zero-order chi connectivity index (χ0) is 17.4. The molecule has 1 aliphatic heterocycles. The fraction of sp³-hybridized carbons (Fsp3) is 0.600. The number of fused-ring (bicyclic) bond motifs is 2. The largest absolute Gasteiger partial charge is 0.355 e. The van der Waals surface area contributed by atoms with E-state index in [9.17, 15) is 9.59 Å². The highest BCUT2D eigenvalue weighted by molar-refractivity contribution is 9.10. The van der Waals surface area contributed by atoms with Gasteiger partial charge < -0.3 is 10.2 Å². The van der Waals surface area contributed by atoms with E-state index in [2.05, 4.69) is 21.2 Å². The van der Waals surface area contributed by atoms with Crippen molar-refractivity contribution < 1.29 is 9.59 Å². The smallest absolute Gasteiger partial charge is 0.239 e. The predicted octanol–water partition coefficient (Wildman–Crippen LogP) is 3.74. The molecule has 0 spiro atoms. The van der Waals surface area contributed by atoms with Crippen molar-refractivity contribution in [2.45, 2.75) is 38.5 Å². The van der Waals surface area contributed by atoms with Crippen LogP contribution in [0.5, 0.6) is 0 Å². The summed E-state index contributed by atoms with van der Waals surface area (Å²) in [4.78, 5) is 26.9. The molecule has 4 nitrogen and oxygen atoms in total. The second-order valence-electron chi connectivity index (χ2n) is 7.80. The van der Waals surface area contributed by atoms with Crippen LogP contribution in [0, 0.1) is 23.7 Å². The minimum absolute atomic E-state index is 0.0793. The molecule has 1 aromatic carbocycles. The number of rotatable bonds is 5. The van der Waals surface area contributed by atoms with Crippen molar-refractivity contribution >= 4 is 33.4 Å². The summed E-state index contributed by atoms with van der Waals surface area (Å²) in [5.41, 5.74) is 0.852. The lowest BCUT2D eigenvalue weighted by Gasteiger charge is -2.22. The van der Waals surface area contributed by atoms with Gasteiger partial charge in [-0.1, -0.05) is 18.6 Å². The lowest BCUT2D eigenvalue weighted by atomic mass is 9.86. The Bertz CT molecular complexity index is 677. The standard InChI is InChI=1S/C20H25BrN2O2/c21-17-3-1-2-4-18(17)23-10-8-16(20(23)25)19(24)22-9-7-15-12-13-5-6-14(15)11-13/h1-4,13-16H,5-12H2,(H,22,24). The maximum Gasteiger partial charge on any atom is 0.239 e. The van der Waals surface area contributed by atoms with E-state index >= 15 is 0 Å². The van der Waals surface area contributed by atoms with Crippen LogP contribution in [0.3, 0.4) is 0 Å². The molecule has 0 aromatic heterocycles. The molecule has 4 rings (SSSR count). The SMILES string of the molecule is O=C(NCCC1CC2CCC1C2)C1CCN(c2ccccc2Br)C1=O. The summed E-state index contributed by atoms with van der Waals surface area (Å²) in [5.74, 6) is 1.91. The number of nitrogens with one attached hydrogen (secondary N) is 1. The predicted molar refractivity (Wildman–Crippen MR) is 101 cm³/mol. The molecule has 1 aromatic rings. The van der Waals surface area contributed by atoms with Crippen molar-refractivity contribution in [1.82, 2.24) is 5.32 Å². The number of benzene rings is 1. The van der Waals surface area contributed by atoms with E-state index in [4.69, 9.17) is 0 Å². The Morgan fingerprint density at radius 3 is 2.76 bits per heavy atom.